The zero-order chi connectivity index (χ0) is 21.5. The highest BCUT2D eigenvalue weighted by atomic mass is 16.5. The van der Waals surface area contributed by atoms with E-state index >= 15 is 0 Å². The summed E-state index contributed by atoms with van der Waals surface area (Å²) in [4.78, 5) is 36.9. The number of carbonyl (C=O) groups excluding carboxylic acids is 3. The van der Waals surface area contributed by atoms with Crippen molar-refractivity contribution < 1.29 is 33.7 Å². The first-order valence-corrected chi connectivity index (χ1v) is 9.25. The molecule has 0 aromatic heterocycles. The lowest BCUT2D eigenvalue weighted by Crippen LogP contribution is -2.63. The summed E-state index contributed by atoms with van der Waals surface area (Å²) < 4.78 is 15.1. The van der Waals surface area contributed by atoms with Crippen LogP contribution in [-0.2, 0) is 28.6 Å². The van der Waals surface area contributed by atoms with Gasteiger partial charge in [0.1, 0.15) is 11.6 Å². The second-order valence-electron chi connectivity index (χ2n) is 6.46. The Morgan fingerprint density at radius 2 is 1.71 bits per heavy atom. The van der Waals surface area contributed by atoms with Gasteiger partial charge in [0.2, 0.25) is 0 Å². The quantitative estimate of drug-likeness (QED) is 0.308. The summed E-state index contributed by atoms with van der Waals surface area (Å²) in [7, 11) is 0. The van der Waals surface area contributed by atoms with Crippen molar-refractivity contribution in [1.82, 2.24) is 10.6 Å². The van der Waals surface area contributed by atoms with Crippen LogP contribution in [0, 0.1) is 5.92 Å². The van der Waals surface area contributed by atoms with Crippen molar-refractivity contribution >= 4 is 17.9 Å². The molecule has 9 heteroatoms. The average Bonchev–Trinajstić information content (AvgIpc) is 2.53. The number of aliphatic hydroxyl groups is 1. The largest absolute Gasteiger partial charge is 0.466 e. The molecule has 0 fully saturated rings. The minimum atomic E-state index is -1.70. The molecule has 0 unspecified atom stereocenters. The standard InChI is InChI=1S/C19H30N2O7/c1-7-26-13(22)10-11(4)20-16-14(17(23)27-8-2)12(5)21-19(6,25)15(16)18(24)28-9-3/h10,15-16,20-21,25H,7-9H2,1-6H3/b11-10+/t15-,16+,19-/m0/s1. The second-order valence-corrected chi connectivity index (χ2v) is 6.46. The first-order valence-electron chi connectivity index (χ1n) is 9.25. The Morgan fingerprint density at radius 3 is 2.25 bits per heavy atom. The third kappa shape index (κ3) is 5.72. The van der Waals surface area contributed by atoms with Crippen molar-refractivity contribution in [3.05, 3.63) is 23.0 Å². The predicted molar refractivity (Wildman–Crippen MR) is 101 cm³/mol. The second kappa shape index (κ2) is 10.1. The third-order valence-corrected chi connectivity index (χ3v) is 4.13. The number of hydrogen-bond acceptors (Lipinski definition) is 9. The molecule has 3 N–H and O–H groups in total. The zero-order valence-corrected chi connectivity index (χ0v) is 17.3. The van der Waals surface area contributed by atoms with E-state index in [1.54, 1.807) is 34.6 Å². The Labute approximate surface area is 165 Å². The van der Waals surface area contributed by atoms with Gasteiger partial charge in [-0.1, -0.05) is 0 Å². The Bertz CT molecular complexity index is 667. The van der Waals surface area contributed by atoms with Crippen molar-refractivity contribution in [1.29, 1.82) is 0 Å². The summed E-state index contributed by atoms with van der Waals surface area (Å²) in [6.07, 6.45) is 1.21. The van der Waals surface area contributed by atoms with E-state index in [0.717, 1.165) is 0 Å². The number of ether oxygens (including phenoxy) is 3. The maximum atomic E-state index is 12.6. The molecule has 9 nitrogen and oxygen atoms in total. The molecule has 0 saturated carbocycles. The molecule has 0 amide bonds. The fourth-order valence-corrected chi connectivity index (χ4v) is 3.14. The molecular weight excluding hydrogens is 368 g/mol. The van der Waals surface area contributed by atoms with Crippen molar-refractivity contribution in [3.8, 4) is 0 Å². The highest BCUT2D eigenvalue weighted by molar-refractivity contribution is 5.93. The van der Waals surface area contributed by atoms with Gasteiger partial charge in [-0.05, 0) is 41.5 Å². The van der Waals surface area contributed by atoms with E-state index in [1.165, 1.54) is 13.0 Å². The van der Waals surface area contributed by atoms with Crippen molar-refractivity contribution in [2.24, 2.45) is 5.92 Å². The first kappa shape index (κ1) is 23.5. The van der Waals surface area contributed by atoms with Crippen molar-refractivity contribution in [3.63, 3.8) is 0 Å². The number of hydrogen-bond donors (Lipinski definition) is 3. The molecule has 3 atom stereocenters. The van der Waals surface area contributed by atoms with E-state index in [0.29, 0.717) is 11.4 Å². The molecule has 0 aliphatic carbocycles. The van der Waals surface area contributed by atoms with Crippen molar-refractivity contribution in [2.45, 2.75) is 53.3 Å². The Balaban J connectivity index is 3.41. The van der Waals surface area contributed by atoms with Gasteiger partial charge in [0.15, 0.2) is 0 Å². The minimum absolute atomic E-state index is 0.104. The molecule has 0 radical (unpaired) electrons. The monoisotopic (exact) mass is 398 g/mol. The van der Waals surface area contributed by atoms with Crippen LogP contribution in [0.15, 0.2) is 23.0 Å². The lowest BCUT2D eigenvalue weighted by molar-refractivity contribution is -0.162. The molecule has 0 bridgehead atoms. The Morgan fingerprint density at radius 1 is 1.14 bits per heavy atom. The van der Waals surface area contributed by atoms with E-state index < -0.39 is 35.6 Å². The molecule has 28 heavy (non-hydrogen) atoms. The van der Waals surface area contributed by atoms with Crippen LogP contribution >= 0.6 is 0 Å². The topological polar surface area (TPSA) is 123 Å². The van der Waals surface area contributed by atoms with Gasteiger partial charge in [-0.15, -0.1) is 0 Å². The minimum Gasteiger partial charge on any atom is -0.466 e. The summed E-state index contributed by atoms with van der Waals surface area (Å²) in [6, 6.07) is -0.986. The maximum absolute atomic E-state index is 12.6. The number of nitrogens with one attached hydrogen (secondary N) is 2. The molecule has 0 aromatic carbocycles. The molecule has 1 heterocycles. The number of allylic oxidation sites excluding steroid dienone is 2. The van der Waals surface area contributed by atoms with Crippen LogP contribution in [0.1, 0.15) is 41.5 Å². The van der Waals surface area contributed by atoms with E-state index in [-0.39, 0.29) is 25.4 Å². The number of esters is 3. The van der Waals surface area contributed by atoms with Crippen LogP contribution in [0.5, 0.6) is 0 Å². The van der Waals surface area contributed by atoms with Gasteiger partial charge in [0, 0.05) is 17.5 Å². The molecule has 0 aromatic rings. The summed E-state index contributed by atoms with van der Waals surface area (Å²) in [5.41, 5.74) is -0.854. The summed E-state index contributed by atoms with van der Waals surface area (Å²) in [5.74, 6) is -3.09. The molecule has 0 spiro atoms. The van der Waals surface area contributed by atoms with Gasteiger partial charge in [-0.3, -0.25) is 4.79 Å². The van der Waals surface area contributed by atoms with Gasteiger partial charge in [-0.2, -0.15) is 0 Å². The number of rotatable bonds is 8. The van der Waals surface area contributed by atoms with Crippen LogP contribution in [0.2, 0.25) is 0 Å². The van der Waals surface area contributed by atoms with Crippen LogP contribution in [0.4, 0.5) is 0 Å². The smallest absolute Gasteiger partial charge is 0.337 e. The van der Waals surface area contributed by atoms with Crippen LogP contribution in [0.25, 0.3) is 0 Å². The van der Waals surface area contributed by atoms with E-state index in [2.05, 4.69) is 10.6 Å². The normalized spacial score (nSPS) is 24.9. The zero-order valence-electron chi connectivity index (χ0n) is 17.3. The Hall–Kier alpha value is -2.55. The highest BCUT2D eigenvalue weighted by Gasteiger charge is 2.51. The van der Waals surface area contributed by atoms with E-state index in [4.69, 9.17) is 14.2 Å². The fraction of sp³-hybridized carbons (Fsp3) is 0.632. The van der Waals surface area contributed by atoms with Crippen molar-refractivity contribution in [2.75, 3.05) is 19.8 Å². The maximum Gasteiger partial charge on any atom is 0.337 e. The molecule has 1 rings (SSSR count). The third-order valence-electron chi connectivity index (χ3n) is 4.13. The van der Waals surface area contributed by atoms with Gasteiger partial charge < -0.3 is 30.0 Å². The summed E-state index contributed by atoms with van der Waals surface area (Å²) in [6.45, 7) is 10.0. The molecule has 1 aliphatic rings. The van der Waals surface area contributed by atoms with Crippen LogP contribution in [-0.4, -0.2) is 54.6 Å². The summed E-state index contributed by atoms with van der Waals surface area (Å²) in [5, 5.41) is 16.6. The van der Waals surface area contributed by atoms with Crippen LogP contribution < -0.4 is 10.6 Å². The SMILES string of the molecule is CCOC(=O)/C=C(\C)N[C@@H]1C(C(=O)OCC)=C(C)N[C@@](C)(O)[C@@H]1C(=O)OCC. The van der Waals surface area contributed by atoms with Crippen LogP contribution in [0.3, 0.4) is 0 Å². The van der Waals surface area contributed by atoms with E-state index in [9.17, 15) is 19.5 Å². The highest BCUT2D eigenvalue weighted by Crippen LogP contribution is 2.33. The van der Waals surface area contributed by atoms with Gasteiger partial charge >= 0.3 is 17.9 Å². The number of carbonyl (C=O) groups is 3. The molecule has 1 aliphatic heterocycles. The Kier molecular flexibility index (Phi) is 8.49. The average molecular weight is 398 g/mol. The summed E-state index contributed by atoms with van der Waals surface area (Å²) >= 11 is 0. The van der Waals surface area contributed by atoms with Gasteiger partial charge in [0.25, 0.3) is 0 Å². The molecular formula is C19H30N2O7. The van der Waals surface area contributed by atoms with Gasteiger partial charge in [0.05, 0.1) is 31.4 Å². The molecule has 0 saturated heterocycles. The first-order chi connectivity index (χ1) is 13.1. The molecule has 158 valence electrons. The lowest BCUT2D eigenvalue weighted by Gasteiger charge is -2.43. The predicted octanol–water partition coefficient (Wildman–Crippen LogP) is 0.740. The van der Waals surface area contributed by atoms with Gasteiger partial charge in [-0.25, -0.2) is 9.59 Å². The van der Waals surface area contributed by atoms with E-state index in [1.807, 2.05) is 0 Å². The lowest BCUT2D eigenvalue weighted by atomic mass is 9.80. The fourth-order valence-electron chi connectivity index (χ4n) is 3.14.